The summed E-state index contributed by atoms with van der Waals surface area (Å²) in [4.78, 5) is 27.9. The van der Waals surface area contributed by atoms with Crippen LogP contribution in [0.2, 0.25) is 0 Å². The van der Waals surface area contributed by atoms with Gasteiger partial charge in [0.2, 0.25) is 6.41 Å². The molecular weight excluding hydrogens is 320 g/mol. The summed E-state index contributed by atoms with van der Waals surface area (Å²) in [6, 6.07) is 3.90. The molecule has 1 amide bonds. The second-order valence-electron chi connectivity index (χ2n) is 6.80. The van der Waals surface area contributed by atoms with Crippen LogP contribution in [0.4, 0.5) is 5.82 Å². The van der Waals surface area contributed by atoms with Gasteiger partial charge in [-0.15, -0.1) is 0 Å². The van der Waals surface area contributed by atoms with E-state index in [0.29, 0.717) is 0 Å². The van der Waals surface area contributed by atoms with Crippen LogP contribution in [0.1, 0.15) is 24.5 Å². The Morgan fingerprint density at radius 2 is 2.28 bits per heavy atom. The van der Waals surface area contributed by atoms with E-state index in [1.807, 2.05) is 23.2 Å². The van der Waals surface area contributed by atoms with Crippen LogP contribution >= 0.6 is 0 Å². The van der Waals surface area contributed by atoms with E-state index in [2.05, 4.69) is 25.0 Å². The summed E-state index contributed by atoms with van der Waals surface area (Å²) in [6.07, 6.45) is 7.84. The summed E-state index contributed by atoms with van der Waals surface area (Å²) in [5, 5.41) is 5.11. The molecule has 0 bridgehead atoms. The summed E-state index contributed by atoms with van der Waals surface area (Å²) >= 11 is 0. The largest absolute Gasteiger partial charge is 0.365 e. The minimum absolute atomic E-state index is 0.209. The fourth-order valence-corrected chi connectivity index (χ4v) is 4.17. The number of nitrogens with zero attached hydrogens (tertiary/aromatic N) is 5. The highest BCUT2D eigenvalue weighted by Crippen LogP contribution is 2.56. The van der Waals surface area contributed by atoms with Gasteiger partial charge in [-0.25, -0.2) is 9.97 Å². The van der Waals surface area contributed by atoms with E-state index in [1.54, 1.807) is 12.6 Å². The number of nitrogens with one attached hydrogen (secondary N) is 1. The number of amides is 1. The SMILES string of the molecule is O=CN1CCCN(c2ncnc3[nH]ccc23)CC12CC2c1ccon1. The van der Waals surface area contributed by atoms with Gasteiger partial charge in [0.25, 0.3) is 0 Å². The molecule has 1 saturated heterocycles. The normalized spacial score (nSPS) is 26.2. The summed E-state index contributed by atoms with van der Waals surface area (Å²) in [6.45, 7) is 2.34. The Kier molecular flexibility index (Phi) is 3.06. The first-order valence-electron chi connectivity index (χ1n) is 8.47. The molecule has 1 spiro atoms. The maximum absolute atomic E-state index is 11.7. The molecule has 8 heteroatoms. The van der Waals surface area contributed by atoms with Crippen molar-refractivity contribution in [2.24, 2.45) is 0 Å². The molecule has 5 rings (SSSR count). The van der Waals surface area contributed by atoms with Crippen molar-refractivity contribution >= 4 is 23.3 Å². The highest BCUT2D eigenvalue weighted by molar-refractivity contribution is 5.87. The van der Waals surface area contributed by atoms with E-state index in [-0.39, 0.29) is 11.5 Å². The number of hydrogen-bond acceptors (Lipinski definition) is 6. The van der Waals surface area contributed by atoms with Gasteiger partial charge in [-0.2, -0.15) is 0 Å². The monoisotopic (exact) mass is 338 g/mol. The van der Waals surface area contributed by atoms with Crippen LogP contribution in [0.3, 0.4) is 0 Å². The number of rotatable bonds is 3. The molecule has 0 radical (unpaired) electrons. The molecule has 1 aliphatic carbocycles. The van der Waals surface area contributed by atoms with Crippen molar-refractivity contribution < 1.29 is 9.32 Å². The third kappa shape index (κ3) is 2.13. The number of aromatic amines is 1. The molecule has 0 aromatic carbocycles. The van der Waals surface area contributed by atoms with E-state index >= 15 is 0 Å². The first-order valence-corrected chi connectivity index (χ1v) is 8.47. The van der Waals surface area contributed by atoms with Crippen molar-refractivity contribution in [2.75, 3.05) is 24.5 Å². The summed E-state index contributed by atoms with van der Waals surface area (Å²) < 4.78 is 5.01. The molecule has 1 aliphatic heterocycles. The number of anilines is 1. The van der Waals surface area contributed by atoms with E-state index < -0.39 is 0 Å². The molecule has 3 aromatic heterocycles. The number of hydrogen-bond donors (Lipinski definition) is 1. The van der Waals surface area contributed by atoms with Crippen LogP contribution in [0.5, 0.6) is 0 Å². The van der Waals surface area contributed by atoms with E-state index in [4.69, 9.17) is 4.52 Å². The fraction of sp³-hybridized carbons (Fsp3) is 0.412. The minimum atomic E-state index is -0.233. The zero-order valence-corrected chi connectivity index (χ0v) is 13.6. The molecule has 2 fully saturated rings. The molecule has 1 N–H and O–H groups in total. The molecular formula is C17H18N6O2. The van der Waals surface area contributed by atoms with Gasteiger partial charge in [-0.05, 0) is 18.9 Å². The van der Waals surface area contributed by atoms with Crippen LogP contribution in [-0.2, 0) is 4.79 Å². The Morgan fingerprint density at radius 1 is 1.32 bits per heavy atom. The van der Waals surface area contributed by atoms with Gasteiger partial charge in [-0.3, -0.25) is 4.79 Å². The summed E-state index contributed by atoms with van der Waals surface area (Å²) in [5.41, 5.74) is 1.52. The minimum Gasteiger partial charge on any atom is -0.365 e. The average Bonchev–Trinajstić information content (AvgIpc) is 3.02. The summed E-state index contributed by atoms with van der Waals surface area (Å²) in [5.74, 6) is 1.13. The number of carbonyl (C=O) groups is 1. The second kappa shape index (κ2) is 5.30. The van der Waals surface area contributed by atoms with E-state index in [1.165, 1.54) is 0 Å². The predicted octanol–water partition coefficient (Wildman–Crippen LogP) is 1.54. The first kappa shape index (κ1) is 14.4. The molecule has 25 heavy (non-hydrogen) atoms. The number of aromatic nitrogens is 4. The second-order valence-corrected chi connectivity index (χ2v) is 6.80. The van der Waals surface area contributed by atoms with Crippen LogP contribution in [0.15, 0.2) is 35.4 Å². The van der Waals surface area contributed by atoms with E-state index in [0.717, 1.165) is 61.4 Å². The zero-order chi connectivity index (χ0) is 16.9. The Labute approximate surface area is 143 Å². The highest BCUT2D eigenvalue weighted by atomic mass is 16.5. The van der Waals surface area contributed by atoms with E-state index in [9.17, 15) is 4.79 Å². The van der Waals surface area contributed by atoms with Gasteiger partial charge in [0, 0.05) is 37.8 Å². The molecule has 4 heterocycles. The van der Waals surface area contributed by atoms with Crippen LogP contribution < -0.4 is 4.90 Å². The quantitative estimate of drug-likeness (QED) is 0.729. The lowest BCUT2D eigenvalue weighted by atomic mass is 10.1. The molecule has 128 valence electrons. The zero-order valence-electron chi connectivity index (χ0n) is 13.6. The number of fused-ring (bicyclic) bond motifs is 1. The molecule has 8 nitrogen and oxygen atoms in total. The van der Waals surface area contributed by atoms with Gasteiger partial charge in [-0.1, -0.05) is 5.16 Å². The lowest BCUT2D eigenvalue weighted by Gasteiger charge is -2.31. The Hall–Kier alpha value is -2.90. The van der Waals surface area contributed by atoms with Gasteiger partial charge in [0.15, 0.2) is 0 Å². The van der Waals surface area contributed by atoms with Crippen LogP contribution in [0.25, 0.3) is 11.0 Å². The molecule has 2 atom stereocenters. The lowest BCUT2D eigenvalue weighted by Crippen LogP contribution is -2.44. The van der Waals surface area contributed by atoms with Crippen molar-refractivity contribution in [3.63, 3.8) is 0 Å². The Morgan fingerprint density at radius 3 is 3.12 bits per heavy atom. The van der Waals surface area contributed by atoms with Crippen molar-refractivity contribution in [1.29, 1.82) is 0 Å². The molecule has 2 unspecified atom stereocenters. The number of carbonyl (C=O) groups excluding carboxylic acids is 1. The van der Waals surface area contributed by atoms with Gasteiger partial charge in [0.1, 0.15) is 24.1 Å². The van der Waals surface area contributed by atoms with Crippen molar-refractivity contribution in [3.05, 3.63) is 36.6 Å². The van der Waals surface area contributed by atoms with Crippen LogP contribution in [0, 0.1) is 0 Å². The fourth-order valence-electron chi connectivity index (χ4n) is 4.17. The van der Waals surface area contributed by atoms with Gasteiger partial charge >= 0.3 is 0 Å². The van der Waals surface area contributed by atoms with Crippen LogP contribution in [-0.4, -0.2) is 56.6 Å². The molecule has 2 aliphatic rings. The first-order chi connectivity index (χ1) is 12.3. The molecule has 1 saturated carbocycles. The standard InChI is InChI=1S/C17H18N6O2/c24-11-23-6-1-5-22(16-12-2-4-18-15(12)19-10-20-16)9-17(23)8-13(17)14-3-7-25-21-14/h2-4,7,10-11,13H,1,5-6,8-9H2,(H,18,19,20). The van der Waals surface area contributed by atoms with Crippen molar-refractivity contribution in [2.45, 2.75) is 24.3 Å². The Bertz CT molecular complexity index is 907. The topological polar surface area (TPSA) is 91.2 Å². The number of H-pyrrole nitrogens is 1. The maximum atomic E-state index is 11.7. The summed E-state index contributed by atoms with van der Waals surface area (Å²) in [7, 11) is 0. The maximum Gasteiger partial charge on any atom is 0.210 e. The third-order valence-electron chi connectivity index (χ3n) is 5.48. The van der Waals surface area contributed by atoms with Gasteiger partial charge in [0.05, 0.1) is 16.6 Å². The lowest BCUT2D eigenvalue weighted by molar-refractivity contribution is -0.120. The average molecular weight is 338 g/mol. The molecule has 3 aromatic rings. The van der Waals surface area contributed by atoms with Crippen molar-refractivity contribution in [1.82, 2.24) is 25.0 Å². The third-order valence-corrected chi connectivity index (χ3v) is 5.48. The smallest absolute Gasteiger partial charge is 0.210 e. The predicted molar refractivity (Wildman–Crippen MR) is 90.1 cm³/mol. The highest BCUT2D eigenvalue weighted by Gasteiger charge is 2.61. The van der Waals surface area contributed by atoms with Crippen molar-refractivity contribution in [3.8, 4) is 0 Å². The Balaban J connectivity index is 1.53. The van der Waals surface area contributed by atoms with Gasteiger partial charge < -0.3 is 19.3 Å².